The molecule has 16 heavy (non-hydrogen) atoms. The molecule has 1 aliphatic carbocycles. The van der Waals surface area contributed by atoms with E-state index in [2.05, 4.69) is 35.5 Å². The first kappa shape index (κ1) is 11.9. The lowest BCUT2D eigenvalue weighted by Gasteiger charge is -2.33. The predicted molar refractivity (Wildman–Crippen MR) is 65.6 cm³/mol. The molecule has 1 aromatic rings. The number of rotatable bonds is 2. The van der Waals surface area contributed by atoms with Gasteiger partial charge in [-0.25, -0.2) is 0 Å². The highest BCUT2D eigenvalue weighted by molar-refractivity contribution is 6.28. The maximum absolute atomic E-state index is 6.13. The van der Waals surface area contributed by atoms with Crippen LogP contribution in [0.5, 0.6) is 0 Å². The van der Waals surface area contributed by atoms with E-state index in [1.165, 1.54) is 19.3 Å². The topological polar surface area (TPSA) is 30.7 Å². The van der Waals surface area contributed by atoms with Crippen LogP contribution in [0.15, 0.2) is 0 Å². The zero-order valence-electron chi connectivity index (χ0n) is 10.3. The van der Waals surface area contributed by atoms with Crippen LogP contribution in [-0.4, -0.2) is 14.8 Å². The Balaban J connectivity index is 2.21. The SMILES string of the molecule is CCc1nnc(Cl)n1C1CCC(C)C(C)C1. The van der Waals surface area contributed by atoms with E-state index in [9.17, 15) is 0 Å². The fourth-order valence-electron chi connectivity index (χ4n) is 2.66. The van der Waals surface area contributed by atoms with Gasteiger partial charge in [-0.1, -0.05) is 20.8 Å². The molecule has 1 heterocycles. The molecule has 0 radical (unpaired) electrons. The van der Waals surface area contributed by atoms with E-state index in [0.717, 1.165) is 24.1 Å². The van der Waals surface area contributed by atoms with Crippen LogP contribution in [0, 0.1) is 11.8 Å². The van der Waals surface area contributed by atoms with Crippen molar-refractivity contribution in [1.82, 2.24) is 14.8 Å². The van der Waals surface area contributed by atoms with Gasteiger partial charge in [0.25, 0.3) is 0 Å². The Hall–Kier alpha value is -0.570. The third-order valence-corrected chi connectivity index (χ3v) is 4.23. The van der Waals surface area contributed by atoms with Crippen molar-refractivity contribution in [3.05, 3.63) is 11.1 Å². The maximum Gasteiger partial charge on any atom is 0.225 e. The molecular weight excluding hydrogens is 222 g/mol. The van der Waals surface area contributed by atoms with Crippen molar-refractivity contribution >= 4 is 11.6 Å². The quantitative estimate of drug-likeness (QED) is 0.794. The molecule has 0 amide bonds. The maximum atomic E-state index is 6.13. The lowest BCUT2D eigenvalue weighted by Crippen LogP contribution is -2.24. The standard InChI is InChI=1S/C12H20ClN3/c1-4-11-14-15-12(13)16(11)10-6-5-8(2)9(3)7-10/h8-10H,4-7H2,1-3H3. The highest BCUT2D eigenvalue weighted by atomic mass is 35.5. The van der Waals surface area contributed by atoms with Crippen LogP contribution in [-0.2, 0) is 6.42 Å². The Morgan fingerprint density at radius 1 is 1.25 bits per heavy atom. The molecule has 0 N–H and O–H groups in total. The summed E-state index contributed by atoms with van der Waals surface area (Å²) in [7, 11) is 0. The van der Waals surface area contributed by atoms with Crippen LogP contribution >= 0.6 is 11.6 Å². The van der Waals surface area contributed by atoms with E-state index >= 15 is 0 Å². The minimum absolute atomic E-state index is 0.503. The molecule has 1 saturated carbocycles. The number of aryl methyl sites for hydroxylation is 1. The molecule has 4 heteroatoms. The van der Waals surface area contributed by atoms with Crippen molar-refractivity contribution < 1.29 is 0 Å². The van der Waals surface area contributed by atoms with Crippen molar-refractivity contribution in [2.24, 2.45) is 11.8 Å². The van der Waals surface area contributed by atoms with Crippen LogP contribution in [0.3, 0.4) is 0 Å². The summed E-state index contributed by atoms with van der Waals surface area (Å²) in [4.78, 5) is 0. The van der Waals surface area contributed by atoms with Crippen LogP contribution in [0.4, 0.5) is 0 Å². The zero-order chi connectivity index (χ0) is 11.7. The number of hydrogen-bond donors (Lipinski definition) is 0. The zero-order valence-corrected chi connectivity index (χ0v) is 11.0. The van der Waals surface area contributed by atoms with Gasteiger partial charge in [0.1, 0.15) is 5.82 Å². The Morgan fingerprint density at radius 2 is 2.00 bits per heavy atom. The van der Waals surface area contributed by atoms with Gasteiger partial charge in [0.05, 0.1) is 0 Å². The van der Waals surface area contributed by atoms with E-state index in [4.69, 9.17) is 11.6 Å². The lowest BCUT2D eigenvalue weighted by atomic mass is 9.79. The monoisotopic (exact) mass is 241 g/mol. The number of hydrogen-bond acceptors (Lipinski definition) is 2. The molecule has 1 fully saturated rings. The minimum atomic E-state index is 0.503. The molecule has 90 valence electrons. The molecule has 1 aliphatic rings. The Labute approximate surface area is 102 Å². The summed E-state index contributed by atoms with van der Waals surface area (Å²) >= 11 is 6.13. The fourth-order valence-corrected chi connectivity index (χ4v) is 2.93. The predicted octanol–water partition coefficient (Wildman–Crippen LogP) is 3.49. The fraction of sp³-hybridized carbons (Fsp3) is 0.833. The molecular formula is C12H20ClN3. The lowest BCUT2D eigenvalue weighted by molar-refractivity contribution is 0.208. The molecule has 0 aliphatic heterocycles. The summed E-state index contributed by atoms with van der Waals surface area (Å²) in [5, 5.41) is 8.68. The second kappa shape index (κ2) is 4.74. The van der Waals surface area contributed by atoms with E-state index < -0.39 is 0 Å². The van der Waals surface area contributed by atoms with Gasteiger partial charge in [-0.2, -0.15) is 0 Å². The van der Waals surface area contributed by atoms with Gasteiger partial charge in [0.15, 0.2) is 0 Å². The van der Waals surface area contributed by atoms with Gasteiger partial charge < -0.3 is 0 Å². The van der Waals surface area contributed by atoms with Crippen LogP contribution in [0.1, 0.15) is 51.9 Å². The first-order valence-corrected chi connectivity index (χ1v) is 6.60. The normalized spacial score (nSPS) is 30.6. The number of nitrogens with zero attached hydrogens (tertiary/aromatic N) is 3. The van der Waals surface area contributed by atoms with Crippen LogP contribution in [0.2, 0.25) is 5.28 Å². The first-order chi connectivity index (χ1) is 7.63. The highest BCUT2D eigenvalue weighted by Crippen LogP contribution is 2.37. The molecule has 0 bridgehead atoms. The second-order valence-corrected chi connectivity index (χ2v) is 5.37. The average Bonchev–Trinajstić information content (AvgIpc) is 2.64. The Bertz CT molecular complexity index is 361. The van der Waals surface area contributed by atoms with E-state index in [1.807, 2.05) is 0 Å². The summed E-state index contributed by atoms with van der Waals surface area (Å²) in [6.45, 7) is 6.78. The van der Waals surface area contributed by atoms with Gasteiger partial charge in [-0.05, 0) is 42.7 Å². The second-order valence-electron chi connectivity index (χ2n) is 5.03. The number of halogens is 1. The smallest absolute Gasteiger partial charge is 0.225 e. The average molecular weight is 242 g/mol. The summed E-state index contributed by atoms with van der Waals surface area (Å²) < 4.78 is 2.14. The molecule has 0 aromatic carbocycles. The number of aromatic nitrogens is 3. The molecule has 3 atom stereocenters. The minimum Gasteiger partial charge on any atom is -0.299 e. The Morgan fingerprint density at radius 3 is 2.62 bits per heavy atom. The molecule has 0 spiro atoms. The molecule has 0 saturated heterocycles. The van der Waals surface area contributed by atoms with Gasteiger partial charge in [-0.3, -0.25) is 4.57 Å². The highest BCUT2D eigenvalue weighted by Gasteiger charge is 2.28. The van der Waals surface area contributed by atoms with Gasteiger partial charge >= 0.3 is 0 Å². The summed E-state index contributed by atoms with van der Waals surface area (Å²) in [6, 6.07) is 0.503. The van der Waals surface area contributed by atoms with Crippen molar-refractivity contribution in [3.63, 3.8) is 0 Å². The van der Waals surface area contributed by atoms with Crippen LogP contribution < -0.4 is 0 Å². The van der Waals surface area contributed by atoms with Crippen molar-refractivity contribution in [2.75, 3.05) is 0 Å². The van der Waals surface area contributed by atoms with Gasteiger partial charge in [0, 0.05) is 12.5 Å². The summed E-state index contributed by atoms with van der Waals surface area (Å²) in [6.07, 6.45) is 4.59. The summed E-state index contributed by atoms with van der Waals surface area (Å²) in [5.41, 5.74) is 0. The van der Waals surface area contributed by atoms with Gasteiger partial charge in [0.2, 0.25) is 5.28 Å². The molecule has 3 unspecified atom stereocenters. The third kappa shape index (κ3) is 2.10. The largest absolute Gasteiger partial charge is 0.299 e. The van der Waals surface area contributed by atoms with Crippen LogP contribution in [0.25, 0.3) is 0 Å². The molecule has 2 rings (SSSR count). The van der Waals surface area contributed by atoms with Crippen molar-refractivity contribution in [3.8, 4) is 0 Å². The van der Waals surface area contributed by atoms with Crippen molar-refractivity contribution in [1.29, 1.82) is 0 Å². The van der Waals surface area contributed by atoms with Crippen molar-refractivity contribution in [2.45, 2.75) is 52.5 Å². The molecule has 3 nitrogen and oxygen atoms in total. The van der Waals surface area contributed by atoms with Gasteiger partial charge in [-0.15, -0.1) is 10.2 Å². The Kier molecular flexibility index (Phi) is 3.53. The third-order valence-electron chi connectivity index (χ3n) is 3.98. The van der Waals surface area contributed by atoms with E-state index in [0.29, 0.717) is 11.3 Å². The van der Waals surface area contributed by atoms with E-state index in [1.54, 1.807) is 0 Å². The molecule has 1 aromatic heterocycles. The first-order valence-electron chi connectivity index (χ1n) is 6.22. The van der Waals surface area contributed by atoms with E-state index in [-0.39, 0.29) is 0 Å². The summed E-state index contributed by atoms with van der Waals surface area (Å²) in [5.74, 6) is 2.62.